The maximum absolute atomic E-state index is 10.9. The van der Waals surface area contributed by atoms with Gasteiger partial charge in [-0.05, 0) is 38.0 Å². The van der Waals surface area contributed by atoms with Crippen LogP contribution in [0.5, 0.6) is 0 Å². The van der Waals surface area contributed by atoms with E-state index in [1.165, 1.54) is 6.07 Å². The van der Waals surface area contributed by atoms with Crippen LogP contribution in [0.25, 0.3) is 0 Å². The lowest BCUT2D eigenvalue weighted by atomic mass is 10.0. The minimum Gasteiger partial charge on any atom is -0.480 e. The van der Waals surface area contributed by atoms with E-state index in [1.54, 1.807) is 12.1 Å². The van der Waals surface area contributed by atoms with Crippen LogP contribution in [0.15, 0.2) is 24.3 Å². The van der Waals surface area contributed by atoms with Crippen LogP contribution in [-0.4, -0.2) is 58.0 Å². The van der Waals surface area contributed by atoms with Crippen molar-refractivity contribution in [3.8, 4) is 0 Å². The maximum Gasteiger partial charge on any atom is 0.317 e. The molecule has 134 valence electrons. The molecule has 7 nitrogen and oxygen atoms in total. The quantitative estimate of drug-likeness (QED) is 0.595. The molecule has 0 unspecified atom stereocenters. The van der Waals surface area contributed by atoms with Crippen molar-refractivity contribution < 1.29 is 14.8 Å². The van der Waals surface area contributed by atoms with Crippen LogP contribution >= 0.6 is 12.4 Å². The summed E-state index contributed by atoms with van der Waals surface area (Å²) in [7, 11) is 0. The number of carbonyl (C=O) groups is 1. The van der Waals surface area contributed by atoms with Crippen LogP contribution in [-0.2, 0) is 11.3 Å². The second-order valence-electron chi connectivity index (χ2n) is 5.89. The number of halogens is 1. The number of likely N-dealkylation sites (tertiary alicyclic amines) is 1. The molecule has 8 heteroatoms. The predicted molar refractivity (Wildman–Crippen MR) is 93.5 cm³/mol. The number of non-ortho nitro benzene ring substituents is 1. The SMILES string of the molecule is CCN(CC(=O)O)C1CCN(Cc2cccc([N+](=O)[O-])c2)CC1.Cl. The first kappa shape index (κ1) is 20.3. The summed E-state index contributed by atoms with van der Waals surface area (Å²) in [5, 5.41) is 19.8. The predicted octanol–water partition coefficient (Wildman–Crippen LogP) is 2.39. The van der Waals surface area contributed by atoms with Crippen molar-refractivity contribution in [2.24, 2.45) is 0 Å². The zero-order chi connectivity index (χ0) is 16.8. The number of hydrogen-bond acceptors (Lipinski definition) is 5. The van der Waals surface area contributed by atoms with E-state index in [-0.39, 0.29) is 29.6 Å². The third-order valence-electron chi connectivity index (χ3n) is 4.35. The zero-order valence-corrected chi connectivity index (χ0v) is 14.6. The van der Waals surface area contributed by atoms with Gasteiger partial charge in [0, 0.05) is 24.7 Å². The highest BCUT2D eigenvalue weighted by Gasteiger charge is 2.25. The molecule has 1 saturated heterocycles. The van der Waals surface area contributed by atoms with Gasteiger partial charge in [0.15, 0.2) is 0 Å². The Kier molecular flexibility index (Phi) is 8.10. The average Bonchev–Trinajstić information content (AvgIpc) is 2.53. The minimum absolute atomic E-state index is 0. The molecule has 24 heavy (non-hydrogen) atoms. The normalized spacial score (nSPS) is 15.9. The van der Waals surface area contributed by atoms with E-state index in [0.29, 0.717) is 12.6 Å². The molecule has 1 N–H and O–H groups in total. The van der Waals surface area contributed by atoms with Gasteiger partial charge in [-0.2, -0.15) is 0 Å². The maximum atomic E-state index is 10.9. The number of hydrogen-bond donors (Lipinski definition) is 1. The largest absolute Gasteiger partial charge is 0.480 e. The fraction of sp³-hybridized carbons (Fsp3) is 0.562. The highest BCUT2D eigenvalue weighted by atomic mass is 35.5. The van der Waals surface area contributed by atoms with Crippen molar-refractivity contribution in [2.75, 3.05) is 26.2 Å². The standard InChI is InChI=1S/C16H23N3O4.ClH/c1-2-18(12-16(20)21)14-6-8-17(9-7-14)11-13-4-3-5-15(10-13)19(22)23;/h3-5,10,14H,2,6-9,11-12H2,1H3,(H,20,21);1H. The molecule has 0 bridgehead atoms. The number of aliphatic carboxylic acids is 1. The van der Waals surface area contributed by atoms with E-state index < -0.39 is 5.97 Å². The molecule has 1 aliphatic heterocycles. The van der Waals surface area contributed by atoms with E-state index in [0.717, 1.165) is 38.0 Å². The number of piperidine rings is 1. The zero-order valence-electron chi connectivity index (χ0n) is 13.8. The molecule has 1 aromatic rings. The summed E-state index contributed by atoms with van der Waals surface area (Å²) in [6.07, 6.45) is 1.85. The Morgan fingerprint density at radius 2 is 2.08 bits per heavy atom. The van der Waals surface area contributed by atoms with E-state index in [9.17, 15) is 14.9 Å². The third kappa shape index (κ3) is 5.74. The summed E-state index contributed by atoms with van der Waals surface area (Å²) in [5.74, 6) is -0.786. The number of likely N-dealkylation sites (N-methyl/N-ethyl adjacent to an activating group) is 1. The first-order chi connectivity index (χ1) is 11.0. The van der Waals surface area contributed by atoms with Gasteiger partial charge in [0.1, 0.15) is 0 Å². The van der Waals surface area contributed by atoms with E-state index in [1.807, 2.05) is 17.9 Å². The van der Waals surface area contributed by atoms with Crippen LogP contribution < -0.4 is 0 Å². The van der Waals surface area contributed by atoms with Crippen LogP contribution in [0, 0.1) is 10.1 Å². The lowest BCUT2D eigenvalue weighted by Crippen LogP contribution is -2.46. The molecular weight excluding hydrogens is 334 g/mol. The lowest BCUT2D eigenvalue weighted by molar-refractivity contribution is -0.384. The van der Waals surface area contributed by atoms with Gasteiger partial charge in [0.2, 0.25) is 0 Å². The molecule has 1 fully saturated rings. The Hall–Kier alpha value is -1.70. The summed E-state index contributed by atoms with van der Waals surface area (Å²) in [6.45, 7) is 5.26. The number of rotatable bonds is 7. The smallest absolute Gasteiger partial charge is 0.317 e. The number of carboxylic acid groups (broad SMARTS) is 1. The highest BCUT2D eigenvalue weighted by Crippen LogP contribution is 2.20. The van der Waals surface area contributed by atoms with E-state index in [2.05, 4.69) is 4.90 Å². The van der Waals surface area contributed by atoms with Crippen molar-refractivity contribution >= 4 is 24.1 Å². The summed E-state index contributed by atoms with van der Waals surface area (Å²) >= 11 is 0. The van der Waals surface area contributed by atoms with Gasteiger partial charge in [0.25, 0.3) is 5.69 Å². The molecule has 1 aliphatic rings. The van der Waals surface area contributed by atoms with E-state index >= 15 is 0 Å². The fourth-order valence-corrected chi connectivity index (χ4v) is 3.14. The molecular formula is C16H24ClN3O4. The highest BCUT2D eigenvalue weighted by molar-refractivity contribution is 5.85. The van der Waals surface area contributed by atoms with Gasteiger partial charge in [-0.1, -0.05) is 19.1 Å². The number of carboxylic acids is 1. The Bertz CT molecular complexity index is 562. The van der Waals surface area contributed by atoms with Gasteiger partial charge >= 0.3 is 5.97 Å². The molecule has 0 aliphatic carbocycles. The lowest BCUT2D eigenvalue weighted by Gasteiger charge is -2.37. The molecule has 0 saturated carbocycles. The summed E-state index contributed by atoms with van der Waals surface area (Å²) in [6, 6.07) is 7.04. The van der Waals surface area contributed by atoms with Crippen LogP contribution in [0.4, 0.5) is 5.69 Å². The average molecular weight is 358 g/mol. The minimum atomic E-state index is -0.786. The summed E-state index contributed by atoms with van der Waals surface area (Å²) < 4.78 is 0. The third-order valence-corrected chi connectivity index (χ3v) is 4.35. The molecule has 0 radical (unpaired) electrons. The second-order valence-corrected chi connectivity index (χ2v) is 5.89. The molecule has 0 amide bonds. The Morgan fingerprint density at radius 1 is 1.42 bits per heavy atom. The van der Waals surface area contributed by atoms with Crippen LogP contribution in [0.1, 0.15) is 25.3 Å². The summed E-state index contributed by atoms with van der Waals surface area (Å²) in [5.41, 5.74) is 1.06. The molecule has 1 heterocycles. The number of nitro groups is 1. The molecule has 0 aromatic heterocycles. The fourth-order valence-electron chi connectivity index (χ4n) is 3.14. The van der Waals surface area contributed by atoms with Crippen molar-refractivity contribution in [2.45, 2.75) is 32.4 Å². The second kappa shape index (κ2) is 9.56. The van der Waals surface area contributed by atoms with Crippen LogP contribution in [0.3, 0.4) is 0 Å². The Labute approximate surface area is 147 Å². The number of benzene rings is 1. The Balaban J connectivity index is 0.00000288. The first-order valence-corrected chi connectivity index (χ1v) is 7.91. The summed E-state index contributed by atoms with van der Waals surface area (Å²) in [4.78, 5) is 25.6. The van der Waals surface area contributed by atoms with Gasteiger partial charge in [-0.15, -0.1) is 12.4 Å². The van der Waals surface area contributed by atoms with Crippen molar-refractivity contribution in [1.82, 2.24) is 9.80 Å². The van der Waals surface area contributed by atoms with E-state index in [4.69, 9.17) is 5.11 Å². The van der Waals surface area contributed by atoms with Gasteiger partial charge in [0.05, 0.1) is 11.5 Å². The molecule has 0 spiro atoms. The van der Waals surface area contributed by atoms with Gasteiger partial charge < -0.3 is 5.11 Å². The van der Waals surface area contributed by atoms with Crippen molar-refractivity contribution in [3.05, 3.63) is 39.9 Å². The van der Waals surface area contributed by atoms with Crippen molar-refractivity contribution in [1.29, 1.82) is 0 Å². The van der Waals surface area contributed by atoms with Crippen molar-refractivity contribution in [3.63, 3.8) is 0 Å². The monoisotopic (exact) mass is 357 g/mol. The topological polar surface area (TPSA) is 86.9 Å². The first-order valence-electron chi connectivity index (χ1n) is 7.91. The molecule has 0 atom stereocenters. The Morgan fingerprint density at radius 3 is 2.62 bits per heavy atom. The number of nitro benzene ring substituents is 1. The molecule has 1 aromatic carbocycles. The molecule has 2 rings (SSSR count). The van der Waals surface area contributed by atoms with Gasteiger partial charge in [-0.25, -0.2) is 0 Å². The number of nitrogens with zero attached hydrogens (tertiary/aromatic N) is 3. The van der Waals surface area contributed by atoms with Gasteiger partial charge in [-0.3, -0.25) is 24.7 Å². The van der Waals surface area contributed by atoms with Crippen LogP contribution in [0.2, 0.25) is 0 Å².